The largest absolute Gasteiger partial charge is 0.494 e. The van der Waals surface area contributed by atoms with Crippen LogP contribution < -0.4 is 14.2 Å². The van der Waals surface area contributed by atoms with E-state index in [2.05, 4.69) is 10.1 Å². The molecule has 35 heavy (non-hydrogen) atoms. The molecule has 182 valence electrons. The van der Waals surface area contributed by atoms with Crippen molar-refractivity contribution in [1.82, 2.24) is 19.7 Å². The number of carbonyl (C=O) groups excluding carboxylic acids is 1. The van der Waals surface area contributed by atoms with E-state index in [1.54, 1.807) is 29.1 Å². The van der Waals surface area contributed by atoms with Gasteiger partial charge < -0.3 is 19.1 Å². The zero-order valence-corrected chi connectivity index (χ0v) is 19.0. The number of hydrogen-bond donors (Lipinski definition) is 0. The van der Waals surface area contributed by atoms with Crippen LogP contribution in [0.4, 0.5) is 13.2 Å². The number of alkyl halides is 3. The first-order valence-electron chi connectivity index (χ1n) is 10.4. The van der Waals surface area contributed by atoms with Crippen LogP contribution in [0.1, 0.15) is 34.1 Å². The summed E-state index contributed by atoms with van der Waals surface area (Å²) in [5.74, 6) is -0.185. The number of methoxy groups -OCH3 is 2. The van der Waals surface area contributed by atoms with E-state index in [9.17, 15) is 23.2 Å². The second-order valence-corrected chi connectivity index (χ2v) is 7.68. The first-order valence-corrected chi connectivity index (χ1v) is 10.4. The predicted octanol–water partition coefficient (Wildman–Crippen LogP) is 3.64. The first kappa shape index (κ1) is 23.9. The van der Waals surface area contributed by atoms with Gasteiger partial charge in [-0.3, -0.25) is 4.79 Å². The van der Waals surface area contributed by atoms with Crippen LogP contribution in [0.5, 0.6) is 17.4 Å². The number of fused-ring (bicyclic) bond motifs is 1. The number of nitriles is 1. The van der Waals surface area contributed by atoms with Crippen LogP contribution in [0.25, 0.3) is 5.82 Å². The summed E-state index contributed by atoms with van der Waals surface area (Å²) in [4.78, 5) is 19.2. The number of hydrogen-bond acceptors (Lipinski definition) is 7. The van der Waals surface area contributed by atoms with Crippen molar-refractivity contribution in [3.05, 3.63) is 58.9 Å². The van der Waals surface area contributed by atoms with Gasteiger partial charge in [0.05, 0.1) is 32.0 Å². The highest BCUT2D eigenvalue weighted by Crippen LogP contribution is 2.37. The minimum Gasteiger partial charge on any atom is -0.494 e. The van der Waals surface area contributed by atoms with Crippen LogP contribution in [-0.4, -0.2) is 52.1 Å². The topological polar surface area (TPSA) is 102 Å². The fraction of sp³-hybridized carbons (Fsp3) is 0.304. The molecule has 1 aliphatic rings. The molecule has 3 aromatic rings. The summed E-state index contributed by atoms with van der Waals surface area (Å²) in [6, 6.07) is 9.51. The number of ether oxygens (including phenoxy) is 3. The molecule has 9 nitrogen and oxygen atoms in total. The van der Waals surface area contributed by atoms with Crippen LogP contribution in [0, 0.1) is 11.3 Å². The van der Waals surface area contributed by atoms with Gasteiger partial charge in [0.15, 0.2) is 17.7 Å². The van der Waals surface area contributed by atoms with Crippen LogP contribution >= 0.6 is 0 Å². The molecule has 1 unspecified atom stereocenters. The Morgan fingerprint density at radius 2 is 1.94 bits per heavy atom. The van der Waals surface area contributed by atoms with Gasteiger partial charge in [-0.2, -0.15) is 28.5 Å². The first-order chi connectivity index (χ1) is 16.7. The zero-order chi connectivity index (χ0) is 25.3. The van der Waals surface area contributed by atoms with Gasteiger partial charge in [0.2, 0.25) is 5.88 Å². The highest BCUT2D eigenvalue weighted by Gasteiger charge is 2.40. The smallest absolute Gasteiger partial charge is 0.425 e. The Bertz CT molecular complexity index is 1290. The molecule has 3 heterocycles. The number of carbonyl (C=O) groups is 1. The lowest BCUT2D eigenvalue weighted by atomic mass is 10.1. The number of nitrogens with zero attached hydrogens (tertiary/aromatic N) is 5. The molecule has 0 spiro atoms. The fourth-order valence-corrected chi connectivity index (χ4v) is 3.64. The Balaban J connectivity index is 1.64. The molecular formula is C23H20F3N5O4. The van der Waals surface area contributed by atoms with Crippen LogP contribution in [0.15, 0.2) is 36.5 Å². The minimum atomic E-state index is -4.65. The summed E-state index contributed by atoms with van der Waals surface area (Å²) in [6.45, 7) is 1.07. The third kappa shape index (κ3) is 4.57. The monoisotopic (exact) mass is 487 g/mol. The van der Waals surface area contributed by atoms with Gasteiger partial charge in [-0.25, -0.2) is 4.68 Å². The number of amides is 1. The molecule has 0 saturated carbocycles. The van der Waals surface area contributed by atoms with Crippen molar-refractivity contribution < 1.29 is 32.2 Å². The van der Waals surface area contributed by atoms with Gasteiger partial charge in [0, 0.05) is 24.4 Å². The van der Waals surface area contributed by atoms with Crippen molar-refractivity contribution in [3.63, 3.8) is 0 Å². The molecule has 0 fully saturated rings. The van der Waals surface area contributed by atoms with Crippen LogP contribution in [0.2, 0.25) is 0 Å². The van der Waals surface area contributed by atoms with Crippen molar-refractivity contribution in [2.75, 3.05) is 14.2 Å². The molecule has 2 aromatic heterocycles. The second-order valence-electron chi connectivity index (χ2n) is 7.68. The maximum atomic E-state index is 13.5. The Kier molecular flexibility index (Phi) is 6.26. The second kappa shape index (κ2) is 9.17. The van der Waals surface area contributed by atoms with E-state index in [0.717, 1.165) is 12.5 Å². The SMILES string of the molecule is COc1cccc(-n2cc3c(n2)CN(C(=O)c2c(OC(C)C(F)(F)F)ccc(C#N)c2OC)C3)n1. The molecule has 1 atom stereocenters. The summed E-state index contributed by atoms with van der Waals surface area (Å²) in [7, 11) is 2.73. The summed E-state index contributed by atoms with van der Waals surface area (Å²) in [5.41, 5.74) is 1.08. The molecule has 1 aliphatic heterocycles. The van der Waals surface area contributed by atoms with E-state index in [1.165, 1.54) is 31.3 Å². The predicted molar refractivity (Wildman–Crippen MR) is 115 cm³/mol. The van der Waals surface area contributed by atoms with Gasteiger partial charge in [-0.1, -0.05) is 6.07 Å². The Hall–Kier alpha value is -4.27. The number of rotatable bonds is 6. The summed E-state index contributed by atoms with van der Waals surface area (Å²) in [6.07, 6.45) is -5.11. The Morgan fingerprint density at radius 1 is 1.17 bits per heavy atom. The fourth-order valence-electron chi connectivity index (χ4n) is 3.64. The van der Waals surface area contributed by atoms with Gasteiger partial charge in [0.1, 0.15) is 17.4 Å². The van der Waals surface area contributed by atoms with E-state index in [0.29, 0.717) is 17.4 Å². The minimum absolute atomic E-state index is 0.00548. The van der Waals surface area contributed by atoms with E-state index in [-0.39, 0.29) is 35.7 Å². The maximum absolute atomic E-state index is 13.5. The normalized spacial score (nSPS) is 13.7. The van der Waals surface area contributed by atoms with E-state index in [1.807, 2.05) is 6.07 Å². The van der Waals surface area contributed by atoms with Crippen molar-refractivity contribution >= 4 is 5.91 Å². The van der Waals surface area contributed by atoms with Crippen molar-refractivity contribution in [3.8, 4) is 29.3 Å². The van der Waals surface area contributed by atoms with Crippen molar-refractivity contribution in [2.24, 2.45) is 0 Å². The lowest BCUT2D eigenvalue weighted by Gasteiger charge is -2.23. The summed E-state index contributed by atoms with van der Waals surface area (Å²) in [5, 5.41) is 13.9. The molecule has 0 radical (unpaired) electrons. The molecule has 0 bridgehead atoms. The lowest BCUT2D eigenvalue weighted by Crippen LogP contribution is -2.33. The van der Waals surface area contributed by atoms with Crippen molar-refractivity contribution in [1.29, 1.82) is 5.26 Å². The van der Waals surface area contributed by atoms with Gasteiger partial charge in [-0.15, -0.1) is 0 Å². The highest BCUT2D eigenvalue weighted by atomic mass is 19.4. The number of benzene rings is 1. The van der Waals surface area contributed by atoms with Crippen molar-refractivity contribution in [2.45, 2.75) is 32.3 Å². The molecule has 1 aromatic carbocycles. The quantitative estimate of drug-likeness (QED) is 0.523. The number of halogens is 3. The van der Waals surface area contributed by atoms with Crippen LogP contribution in [-0.2, 0) is 13.1 Å². The summed E-state index contributed by atoms with van der Waals surface area (Å²) < 4.78 is 56.4. The van der Waals surface area contributed by atoms with Gasteiger partial charge in [0.25, 0.3) is 5.91 Å². The molecule has 0 saturated heterocycles. The van der Waals surface area contributed by atoms with Crippen LogP contribution in [0.3, 0.4) is 0 Å². The molecule has 0 aliphatic carbocycles. The third-order valence-corrected chi connectivity index (χ3v) is 5.44. The molecule has 12 heteroatoms. The molecule has 1 amide bonds. The average Bonchev–Trinajstić information content (AvgIpc) is 3.42. The molecule has 4 rings (SSSR count). The number of pyridine rings is 1. The molecular weight excluding hydrogens is 467 g/mol. The van der Waals surface area contributed by atoms with E-state index >= 15 is 0 Å². The molecule has 0 N–H and O–H groups in total. The Labute approximate surface area is 198 Å². The summed E-state index contributed by atoms with van der Waals surface area (Å²) >= 11 is 0. The standard InChI is InChI=1S/C23H20F3N5O4/c1-13(23(24,25)26)35-17-8-7-14(9-27)21(34-3)20(17)22(32)30-10-15-11-31(29-16(15)12-30)18-5-4-6-19(28-18)33-2/h4-8,11,13H,10,12H2,1-3H3. The van der Waals surface area contributed by atoms with Gasteiger partial charge >= 0.3 is 6.18 Å². The van der Waals surface area contributed by atoms with E-state index < -0.39 is 18.2 Å². The third-order valence-electron chi connectivity index (χ3n) is 5.44. The van der Waals surface area contributed by atoms with Gasteiger partial charge in [-0.05, 0) is 25.1 Å². The van der Waals surface area contributed by atoms with E-state index in [4.69, 9.17) is 14.2 Å². The lowest BCUT2D eigenvalue weighted by molar-refractivity contribution is -0.189. The Morgan fingerprint density at radius 3 is 2.57 bits per heavy atom. The maximum Gasteiger partial charge on any atom is 0.425 e. The zero-order valence-electron chi connectivity index (χ0n) is 19.0. The average molecular weight is 487 g/mol. The number of aromatic nitrogens is 3. The highest BCUT2D eigenvalue weighted by molar-refractivity contribution is 6.00.